The van der Waals surface area contributed by atoms with Crippen LogP contribution in [0.3, 0.4) is 0 Å². The SMILES string of the molecule is CC.CN=C(N)N(C)CCC#N. The number of aliphatic imine (C=N–C) groups is 1. The van der Waals surface area contributed by atoms with E-state index in [1.54, 1.807) is 19.0 Å². The molecule has 4 nitrogen and oxygen atoms in total. The van der Waals surface area contributed by atoms with Crippen LogP contribution in [0.5, 0.6) is 0 Å². The van der Waals surface area contributed by atoms with E-state index in [0.717, 1.165) is 0 Å². The Kier molecular flexibility index (Phi) is 10.9. The first-order valence-corrected chi connectivity index (χ1v) is 4.02. The van der Waals surface area contributed by atoms with E-state index >= 15 is 0 Å². The van der Waals surface area contributed by atoms with E-state index in [4.69, 9.17) is 11.0 Å². The Labute approximate surface area is 74.7 Å². The van der Waals surface area contributed by atoms with Crippen molar-refractivity contribution in [2.24, 2.45) is 10.7 Å². The van der Waals surface area contributed by atoms with E-state index in [0.29, 0.717) is 18.9 Å². The summed E-state index contributed by atoms with van der Waals surface area (Å²) in [6, 6.07) is 2.03. The number of guanidine groups is 1. The summed E-state index contributed by atoms with van der Waals surface area (Å²) in [4.78, 5) is 5.49. The molecule has 0 spiro atoms. The fourth-order valence-electron chi connectivity index (χ4n) is 0.503. The maximum absolute atomic E-state index is 8.21. The van der Waals surface area contributed by atoms with Gasteiger partial charge < -0.3 is 10.6 Å². The molecule has 0 atom stereocenters. The highest BCUT2D eigenvalue weighted by molar-refractivity contribution is 5.77. The van der Waals surface area contributed by atoms with Crippen LogP contribution in [0.4, 0.5) is 0 Å². The molecule has 0 aliphatic heterocycles. The van der Waals surface area contributed by atoms with Gasteiger partial charge in [0, 0.05) is 20.6 Å². The lowest BCUT2D eigenvalue weighted by Crippen LogP contribution is -2.34. The van der Waals surface area contributed by atoms with Gasteiger partial charge in [-0.05, 0) is 0 Å². The van der Waals surface area contributed by atoms with E-state index in [1.165, 1.54) is 0 Å². The van der Waals surface area contributed by atoms with Crippen LogP contribution in [0.15, 0.2) is 4.99 Å². The fraction of sp³-hybridized carbons (Fsp3) is 0.750. The fourth-order valence-corrected chi connectivity index (χ4v) is 0.503. The third-order valence-corrected chi connectivity index (χ3v) is 1.18. The zero-order valence-electron chi connectivity index (χ0n) is 8.33. The minimum absolute atomic E-state index is 0.468. The number of nitrogens with zero attached hydrogens (tertiary/aromatic N) is 3. The second kappa shape index (κ2) is 9.76. The molecular weight excluding hydrogens is 152 g/mol. The van der Waals surface area contributed by atoms with Gasteiger partial charge in [0.25, 0.3) is 0 Å². The van der Waals surface area contributed by atoms with Crippen LogP contribution in [0, 0.1) is 11.3 Å². The van der Waals surface area contributed by atoms with E-state index in [2.05, 4.69) is 4.99 Å². The molecule has 0 fully saturated rings. The third kappa shape index (κ3) is 6.87. The predicted octanol–water partition coefficient (Wildman–Crippen LogP) is 0.803. The summed E-state index contributed by atoms with van der Waals surface area (Å²) < 4.78 is 0. The Morgan fingerprint density at radius 3 is 2.42 bits per heavy atom. The molecule has 0 unspecified atom stereocenters. The number of hydrogen-bond acceptors (Lipinski definition) is 2. The summed E-state index contributed by atoms with van der Waals surface area (Å²) >= 11 is 0. The summed E-state index contributed by atoms with van der Waals surface area (Å²) in [6.07, 6.45) is 0.479. The summed E-state index contributed by atoms with van der Waals surface area (Å²) in [5.41, 5.74) is 5.42. The van der Waals surface area contributed by atoms with E-state index in [1.807, 2.05) is 19.9 Å². The second-order valence-corrected chi connectivity index (χ2v) is 1.91. The minimum atomic E-state index is 0.468. The van der Waals surface area contributed by atoms with Crippen molar-refractivity contribution in [1.29, 1.82) is 5.26 Å². The molecule has 70 valence electrons. The summed E-state index contributed by atoms with van der Waals surface area (Å²) in [5, 5.41) is 8.21. The van der Waals surface area contributed by atoms with Crippen molar-refractivity contribution in [3.63, 3.8) is 0 Å². The molecule has 0 saturated heterocycles. The third-order valence-electron chi connectivity index (χ3n) is 1.18. The van der Waals surface area contributed by atoms with Crippen molar-refractivity contribution >= 4 is 5.96 Å². The molecule has 0 rings (SSSR count). The molecule has 4 heteroatoms. The first-order chi connectivity index (χ1) is 5.72. The molecule has 2 N–H and O–H groups in total. The van der Waals surface area contributed by atoms with Gasteiger partial charge in [0.15, 0.2) is 5.96 Å². The van der Waals surface area contributed by atoms with E-state index in [9.17, 15) is 0 Å². The molecule has 0 radical (unpaired) electrons. The normalized spacial score (nSPS) is 9.42. The Morgan fingerprint density at radius 1 is 1.58 bits per heavy atom. The molecule has 0 bridgehead atoms. The molecule has 12 heavy (non-hydrogen) atoms. The largest absolute Gasteiger partial charge is 0.370 e. The van der Waals surface area contributed by atoms with Crippen molar-refractivity contribution in [3.8, 4) is 6.07 Å². The lowest BCUT2D eigenvalue weighted by molar-refractivity contribution is 0.509. The van der Waals surface area contributed by atoms with Crippen molar-refractivity contribution in [2.75, 3.05) is 20.6 Å². The van der Waals surface area contributed by atoms with Gasteiger partial charge in [-0.25, -0.2) is 0 Å². The van der Waals surface area contributed by atoms with Gasteiger partial charge in [-0.3, -0.25) is 4.99 Å². The van der Waals surface area contributed by atoms with Crippen molar-refractivity contribution in [2.45, 2.75) is 20.3 Å². The monoisotopic (exact) mass is 170 g/mol. The number of rotatable bonds is 2. The van der Waals surface area contributed by atoms with Gasteiger partial charge in [0.1, 0.15) is 0 Å². The van der Waals surface area contributed by atoms with Crippen LogP contribution in [-0.2, 0) is 0 Å². The van der Waals surface area contributed by atoms with Gasteiger partial charge in [0.05, 0.1) is 12.5 Å². The average molecular weight is 170 g/mol. The molecule has 0 heterocycles. The Hall–Kier alpha value is -1.24. The number of nitriles is 1. The molecular formula is C8H18N4. The Morgan fingerprint density at radius 2 is 2.08 bits per heavy atom. The van der Waals surface area contributed by atoms with Crippen LogP contribution >= 0.6 is 0 Å². The van der Waals surface area contributed by atoms with Crippen molar-refractivity contribution < 1.29 is 0 Å². The quantitative estimate of drug-likeness (QED) is 0.492. The topological polar surface area (TPSA) is 65.4 Å². The highest BCUT2D eigenvalue weighted by atomic mass is 15.2. The Bertz CT molecular complexity index is 157. The maximum Gasteiger partial charge on any atom is 0.190 e. The van der Waals surface area contributed by atoms with Gasteiger partial charge >= 0.3 is 0 Å². The van der Waals surface area contributed by atoms with Crippen LogP contribution in [0.1, 0.15) is 20.3 Å². The van der Waals surface area contributed by atoms with Crippen LogP contribution in [0.2, 0.25) is 0 Å². The number of nitrogens with two attached hydrogens (primary N) is 1. The highest BCUT2D eigenvalue weighted by Gasteiger charge is 1.97. The van der Waals surface area contributed by atoms with Crippen LogP contribution in [0.25, 0.3) is 0 Å². The van der Waals surface area contributed by atoms with Gasteiger partial charge in [-0.2, -0.15) is 5.26 Å². The first-order valence-electron chi connectivity index (χ1n) is 4.02. The smallest absolute Gasteiger partial charge is 0.190 e. The van der Waals surface area contributed by atoms with Crippen molar-refractivity contribution in [1.82, 2.24) is 4.90 Å². The number of hydrogen-bond donors (Lipinski definition) is 1. The zero-order valence-corrected chi connectivity index (χ0v) is 8.33. The lowest BCUT2D eigenvalue weighted by Gasteiger charge is -2.14. The predicted molar refractivity (Wildman–Crippen MR) is 51.8 cm³/mol. The molecule has 0 aliphatic carbocycles. The molecule has 0 amide bonds. The average Bonchev–Trinajstić information content (AvgIpc) is 2.16. The van der Waals surface area contributed by atoms with E-state index < -0.39 is 0 Å². The zero-order chi connectivity index (χ0) is 9.98. The molecule has 0 aromatic rings. The van der Waals surface area contributed by atoms with Crippen LogP contribution < -0.4 is 5.73 Å². The van der Waals surface area contributed by atoms with E-state index in [-0.39, 0.29) is 0 Å². The molecule has 0 aromatic carbocycles. The summed E-state index contributed by atoms with van der Waals surface area (Å²) in [7, 11) is 3.43. The Balaban J connectivity index is 0. The van der Waals surface area contributed by atoms with Crippen molar-refractivity contribution in [3.05, 3.63) is 0 Å². The second-order valence-electron chi connectivity index (χ2n) is 1.91. The van der Waals surface area contributed by atoms with Gasteiger partial charge in [-0.1, -0.05) is 13.8 Å². The first kappa shape index (κ1) is 13.4. The molecule has 0 aliphatic rings. The minimum Gasteiger partial charge on any atom is -0.370 e. The molecule has 0 aromatic heterocycles. The summed E-state index contributed by atoms with van der Waals surface area (Å²) in [6.45, 7) is 4.64. The van der Waals surface area contributed by atoms with Crippen LogP contribution in [-0.4, -0.2) is 31.5 Å². The summed E-state index contributed by atoms with van der Waals surface area (Å²) in [5.74, 6) is 0.468. The highest BCUT2D eigenvalue weighted by Crippen LogP contribution is 1.84. The lowest BCUT2D eigenvalue weighted by atomic mass is 10.4. The molecule has 0 saturated carbocycles. The van der Waals surface area contributed by atoms with Gasteiger partial charge in [-0.15, -0.1) is 0 Å². The standard InChI is InChI=1S/C6H12N4.C2H6/c1-9-6(8)10(2)5-3-4-7;1-2/h3,5H2,1-2H3,(H2,8,9);1-2H3. The van der Waals surface area contributed by atoms with Gasteiger partial charge in [0.2, 0.25) is 0 Å². The maximum atomic E-state index is 8.21.